The molecule has 1 N–H and O–H groups in total. The third kappa shape index (κ3) is 3.54. The lowest BCUT2D eigenvalue weighted by atomic mass is 9.92. The molecule has 5 heteroatoms. The Hall–Kier alpha value is -2.14. The molecular weight excluding hydrogens is 280 g/mol. The van der Waals surface area contributed by atoms with Gasteiger partial charge in [0, 0.05) is 29.9 Å². The number of hydrogen-bond acceptors (Lipinski definition) is 5. The minimum absolute atomic E-state index is 0.123. The molecule has 0 saturated carbocycles. The molecule has 0 atom stereocenters. The molecule has 1 aliphatic carbocycles. The number of anilines is 1. The highest BCUT2D eigenvalue weighted by molar-refractivity contribution is 6.25. The predicted octanol–water partition coefficient (Wildman–Crippen LogP) is 2.35. The molecule has 0 aromatic heterocycles. The Morgan fingerprint density at radius 1 is 1.23 bits per heavy atom. The first-order chi connectivity index (χ1) is 10.4. The van der Waals surface area contributed by atoms with Gasteiger partial charge in [0.15, 0.2) is 11.5 Å². The van der Waals surface area contributed by atoms with Crippen LogP contribution < -0.4 is 5.32 Å². The lowest BCUT2D eigenvalue weighted by Crippen LogP contribution is -2.24. The van der Waals surface area contributed by atoms with Crippen LogP contribution >= 0.6 is 0 Å². The first-order valence-corrected chi connectivity index (χ1v) is 7.38. The molecule has 118 valence electrons. The monoisotopic (exact) mass is 302 g/mol. The third-order valence-corrected chi connectivity index (χ3v) is 3.28. The van der Waals surface area contributed by atoms with Crippen LogP contribution in [0, 0.1) is 0 Å². The van der Waals surface area contributed by atoms with Crippen LogP contribution in [0.25, 0.3) is 0 Å². The molecular formula is C17H22N2O3. The van der Waals surface area contributed by atoms with Crippen molar-refractivity contribution >= 4 is 17.3 Å². The molecule has 2 rings (SSSR count). The molecule has 5 nitrogen and oxygen atoms in total. The topological polar surface area (TPSA) is 58.6 Å². The van der Waals surface area contributed by atoms with Crippen LogP contribution in [-0.4, -0.2) is 49.8 Å². The van der Waals surface area contributed by atoms with Crippen molar-refractivity contribution in [2.24, 2.45) is 0 Å². The van der Waals surface area contributed by atoms with Crippen molar-refractivity contribution in [1.82, 2.24) is 4.90 Å². The van der Waals surface area contributed by atoms with Gasteiger partial charge in [0.25, 0.3) is 0 Å². The Morgan fingerprint density at radius 2 is 1.95 bits per heavy atom. The summed E-state index contributed by atoms with van der Waals surface area (Å²) in [5.74, 6) is -0.309. The highest BCUT2D eigenvalue weighted by Gasteiger charge is 2.29. The Balaban J connectivity index is 2.29. The van der Waals surface area contributed by atoms with Gasteiger partial charge in [0.1, 0.15) is 6.61 Å². The van der Waals surface area contributed by atoms with Gasteiger partial charge in [0.2, 0.25) is 5.78 Å². The number of Topliss-reactive ketones (excluding diaryl/α,β-unsaturated/α-hetero) is 1. The molecule has 0 spiro atoms. The normalized spacial score (nSPS) is 14.2. The summed E-state index contributed by atoms with van der Waals surface area (Å²) in [7, 11) is 3.84. The van der Waals surface area contributed by atoms with Crippen LogP contribution in [0.1, 0.15) is 34.6 Å². The van der Waals surface area contributed by atoms with E-state index in [1.807, 2.05) is 38.9 Å². The summed E-state index contributed by atoms with van der Waals surface area (Å²) in [4.78, 5) is 26.8. The largest absolute Gasteiger partial charge is 0.488 e. The number of nitrogens with zero attached hydrogens (tertiary/aromatic N) is 1. The quantitative estimate of drug-likeness (QED) is 0.874. The van der Waals surface area contributed by atoms with E-state index in [-0.39, 0.29) is 23.4 Å². The highest BCUT2D eigenvalue weighted by atomic mass is 16.5. The minimum atomic E-state index is -0.239. The van der Waals surface area contributed by atoms with Crippen molar-refractivity contribution < 1.29 is 14.3 Å². The molecule has 0 amide bonds. The van der Waals surface area contributed by atoms with Crippen molar-refractivity contribution in [2.45, 2.75) is 19.9 Å². The highest BCUT2D eigenvalue weighted by Crippen LogP contribution is 2.28. The van der Waals surface area contributed by atoms with Crippen LogP contribution in [0.4, 0.5) is 5.69 Å². The average molecular weight is 302 g/mol. The SMILES string of the molecule is CC(C)Nc1cccc2c1C(=O)C(OCCN(C)C)=CC2=O. The number of fused-ring (bicyclic) bond motifs is 1. The van der Waals surface area contributed by atoms with E-state index in [0.29, 0.717) is 30.0 Å². The Labute approximate surface area is 130 Å². The maximum atomic E-state index is 12.6. The summed E-state index contributed by atoms with van der Waals surface area (Å²) >= 11 is 0. The first-order valence-electron chi connectivity index (χ1n) is 7.38. The number of carbonyl (C=O) groups is 2. The Bertz CT molecular complexity index is 618. The van der Waals surface area contributed by atoms with Gasteiger partial charge in [0.05, 0.1) is 5.56 Å². The molecule has 1 aliphatic rings. The molecule has 0 saturated heterocycles. The van der Waals surface area contributed by atoms with Crippen molar-refractivity contribution in [3.05, 3.63) is 41.2 Å². The van der Waals surface area contributed by atoms with Crippen molar-refractivity contribution in [1.29, 1.82) is 0 Å². The molecule has 0 aliphatic heterocycles. The summed E-state index contributed by atoms with van der Waals surface area (Å²) < 4.78 is 5.51. The van der Waals surface area contributed by atoms with Gasteiger partial charge in [-0.05, 0) is 34.0 Å². The summed E-state index contributed by atoms with van der Waals surface area (Å²) in [6.07, 6.45) is 1.29. The van der Waals surface area contributed by atoms with E-state index in [1.165, 1.54) is 6.08 Å². The lowest BCUT2D eigenvalue weighted by Gasteiger charge is -2.21. The number of allylic oxidation sites excluding steroid dienone is 2. The first kappa shape index (κ1) is 16.2. The number of ether oxygens (including phenoxy) is 1. The fraction of sp³-hybridized carbons (Fsp3) is 0.412. The zero-order valence-electron chi connectivity index (χ0n) is 13.5. The zero-order valence-corrected chi connectivity index (χ0v) is 13.5. The van der Waals surface area contributed by atoms with Crippen LogP contribution in [0.5, 0.6) is 0 Å². The van der Waals surface area contributed by atoms with E-state index >= 15 is 0 Å². The lowest BCUT2D eigenvalue weighted by molar-refractivity contribution is 0.0871. The van der Waals surface area contributed by atoms with Crippen LogP contribution in [-0.2, 0) is 4.74 Å². The number of rotatable bonds is 6. The Morgan fingerprint density at radius 3 is 2.59 bits per heavy atom. The van der Waals surface area contributed by atoms with E-state index in [0.717, 1.165) is 0 Å². The fourth-order valence-corrected chi connectivity index (χ4v) is 2.26. The predicted molar refractivity (Wildman–Crippen MR) is 86.5 cm³/mol. The van der Waals surface area contributed by atoms with Crippen molar-refractivity contribution in [3.63, 3.8) is 0 Å². The maximum Gasteiger partial charge on any atom is 0.230 e. The van der Waals surface area contributed by atoms with E-state index in [9.17, 15) is 9.59 Å². The molecule has 1 aromatic rings. The molecule has 0 unspecified atom stereocenters. The second-order valence-corrected chi connectivity index (χ2v) is 5.88. The van der Waals surface area contributed by atoms with Crippen LogP contribution in [0.3, 0.4) is 0 Å². The van der Waals surface area contributed by atoms with Gasteiger partial charge in [-0.25, -0.2) is 0 Å². The van der Waals surface area contributed by atoms with E-state index in [2.05, 4.69) is 5.32 Å². The Kier molecular flexibility index (Phi) is 4.98. The van der Waals surface area contributed by atoms with Gasteiger partial charge in [-0.2, -0.15) is 0 Å². The molecule has 0 heterocycles. The maximum absolute atomic E-state index is 12.6. The van der Waals surface area contributed by atoms with Gasteiger partial charge in [-0.1, -0.05) is 12.1 Å². The number of hydrogen-bond donors (Lipinski definition) is 1. The summed E-state index contributed by atoms with van der Waals surface area (Å²) in [6.45, 7) is 5.02. The second kappa shape index (κ2) is 6.75. The number of likely N-dealkylation sites (N-methyl/N-ethyl adjacent to an activating group) is 1. The number of carbonyl (C=O) groups excluding carboxylic acids is 2. The van der Waals surface area contributed by atoms with Crippen LogP contribution in [0.2, 0.25) is 0 Å². The number of ketones is 2. The molecule has 0 radical (unpaired) electrons. The van der Waals surface area contributed by atoms with Gasteiger partial charge >= 0.3 is 0 Å². The molecule has 1 aromatic carbocycles. The number of nitrogens with one attached hydrogen (secondary N) is 1. The smallest absolute Gasteiger partial charge is 0.230 e. The second-order valence-electron chi connectivity index (χ2n) is 5.88. The van der Waals surface area contributed by atoms with Crippen LogP contribution in [0.15, 0.2) is 30.0 Å². The number of benzene rings is 1. The minimum Gasteiger partial charge on any atom is -0.488 e. The van der Waals surface area contributed by atoms with E-state index < -0.39 is 0 Å². The van der Waals surface area contributed by atoms with E-state index in [1.54, 1.807) is 12.1 Å². The van der Waals surface area contributed by atoms with Crippen molar-refractivity contribution in [2.75, 3.05) is 32.6 Å². The molecule has 0 fully saturated rings. The summed E-state index contributed by atoms with van der Waals surface area (Å²) in [5, 5.41) is 3.21. The van der Waals surface area contributed by atoms with E-state index in [4.69, 9.17) is 4.74 Å². The average Bonchev–Trinajstić information content (AvgIpc) is 2.43. The fourth-order valence-electron chi connectivity index (χ4n) is 2.26. The van der Waals surface area contributed by atoms with Gasteiger partial charge in [-0.15, -0.1) is 0 Å². The molecule has 0 bridgehead atoms. The zero-order chi connectivity index (χ0) is 16.3. The standard InChI is InChI=1S/C17H22N2O3/c1-11(2)18-13-7-5-6-12-14(20)10-15(17(21)16(12)13)22-9-8-19(3)4/h5-7,10-11,18H,8-9H2,1-4H3. The van der Waals surface area contributed by atoms with Gasteiger partial charge < -0.3 is 15.0 Å². The van der Waals surface area contributed by atoms with Gasteiger partial charge in [-0.3, -0.25) is 9.59 Å². The third-order valence-electron chi connectivity index (χ3n) is 3.28. The molecule has 22 heavy (non-hydrogen) atoms. The van der Waals surface area contributed by atoms with Crippen molar-refractivity contribution in [3.8, 4) is 0 Å². The summed E-state index contributed by atoms with van der Waals surface area (Å²) in [5.41, 5.74) is 1.51. The summed E-state index contributed by atoms with van der Waals surface area (Å²) in [6, 6.07) is 5.43.